The molecule has 0 saturated carbocycles. The second-order valence-corrected chi connectivity index (χ2v) is 6.31. The lowest BCUT2D eigenvalue weighted by Gasteiger charge is -2.43. The minimum atomic E-state index is -1.19. The van der Waals surface area contributed by atoms with Crippen molar-refractivity contribution in [3.8, 4) is 0 Å². The van der Waals surface area contributed by atoms with Crippen LogP contribution in [-0.4, -0.2) is 47.7 Å². The van der Waals surface area contributed by atoms with Crippen molar-refractivity contribution >= 4 is 17.3 Å². The van der Waals surface area contributed by atoms with Gasteiger partial charge in [-0.3, -0.25) is 4.90 Å². The van der Waals surface area contributed by atoms with Gasteiger partial charge < -0.3 is 15.7 Å². The first-order valence-corrected chi connectivity index (χ1v) is 7.03. The van der Waals surface area contributed by atoms with Crippen LogP contribution in [0.4, 0.5) is 15.8 Å². The molecule has 0 atom stereocenters. The molecule has 1 saturated heterocycles. The van der Waals surface area contributed by atoms with E-state index in [9.17, 15) is 14.3 Å². The van der Waals surface area contributed by atoms with Crippen LogP contribution in [0.1, 0.15) is 31.1 Å². The molecule has 0 aromatic heterocycles. The van der Waals surface area contributed by atoms with Crippen LogP contribution in [0.5, 0.6) is 0 Å². The fourth-order valence-corrected chi connectivity index (χ4v) is 2.69. The van der Waals surface area contributed by atoms with Gasteiger partial charge in [0, 0.05) is 31.7 Å². The Kier molecular flexibility index (Phi) is 4.09. The quantitative estimate of drug-likeness (QED) is 0.817. The topological polar surface area (TPSA) is 69.8 Å². The fourth-order valence-electron chi connectivity index (χ4n) is 2.69. The number of nitrogen functional groups attached to an aromatic ring is 1. The summed E-state index contributed by atoms with van der Waals surface area (Å²) < 4.78 is 13.5. The van der Waals surface area contributed by atoms with Gasteiger partial charge in [-0.25, -0.2) is 9.18 Å². The van der Waals surface area contributed by atoms with Crippen LogP contribution in [-0.2, 0) is 0 Å². The summed E-state index contributed by atoms with van der Waals surface area (Å²) >= 11 is 0. The maximum Gasteiger partial charge on any atom is 0.340 e. The maximum absolute atomic E-state index is 13.5. The molecule has 2 rings (SSSR count). The predicted octanol–water partition coefficient (Wildman–Crippen LogP) is 2.03. The predicted molar refractivity (Wildman–Crippen MR) is 81.3 cm³/mol. The summed E-state index contributed by atoms with van der Waals surface area (Å²) in [6.07, 6.45) is 0. The van der Waals surface area contributed by atoms with Crippen LogP contribution in [0, 0.1) is 5.82 Å². The van der Waals surface area contributed by atoms with Crippen LogP contribution in [0.3, 0.4) is 0 Å². The highest BCUT2D eigenvalue weighted by Gasteiger charge is 2.28. The number of hydrogen-bond donors (Lipinski definition) is 2. The number of hydrogen-bond acceptors (Lipinski definition) is 4. The molecule has 1 fully saturated rings. The second kappa shape index (κ2) is 5.52. The minimum absolute atomic E-state index is 0.0868. The van der Waals surface area contributed by atoms with E-state index in [2.05, 4.69) is 25.7 Å². The molecule has 1 aliphatic heterocycles. The van der Waals surface area contributed by atoms with Gasteiger partial charge in [-0.05, 0) is 32.9 Å². The zero-order chi connectivity index (χ0) is 15.8. The molecule has 0 unspecified atom stereocenters. The smallest absolute Gasteiger partial charge is 0.340 e. The first kappa shape index (κ1) is 15.6. The molecule has 1 aromatic carbocycles. The van der Waals surface area contributed by atoms with Crippen LogP contribution in [0.15, 0.2) is 12.1 Å². The van der Waals surface area contributed by atoms with Gasteiger partial charge >= 0.3 is 5.97 Å². The van der Waals surface area contributed by atoms with E-state index in [1.807, 2.05) is 4.90 Å². The van der Waals surface area contributed by atoms with Crippen LogP contribution >= 0.6 is 0 Å². The van der Waals surface area contributed by atoms with Crippen LogP contribution < -0.4 is 10.6 Å². The molecule has 0 spiro atoms. The fraction of sp³-hybridized carbons (Fsp3) is 0.533. The van der Waals surface area contributed by atoms with Gasteiger partial charge in [0.2, 0.25) is 0 Å². The molecule has 21 heavy (non-hydrogen) atoms. The van der Waals surface area contributed by atoms with Crippen molar-refractivity contribution < 1.29 is 14.3 Å². The molecule has 1 heterocycles. The summed E-state index contributed by atoms with van der Waals surface area (Å²) in [4.78, 5) is 15.7. The van der Waals surface area contributed by atoms with Gasteiger partial charge in [0.1, 0.15) is 11.4 Å². The number of aromatic carboxylic acids is 1. The molecular weight excluding hydrogens is 273 g/mol. The second-order valence-electron chi connectivity index (χ2n) is 6.31. The zero-order valence-electron chi connectivity index (χ0n) is 12.7. The number of halogens is 1. The highest BCUT2D eigenvalue weighted by Crippen LogP contribution is 2.29. The van der Waals surface area contributed by atoms with Crippen molar-refractivity contribution in [2.24, 2.45) is 0 Å². The van der Waals surface area contributed by atoms with Crippen molar-refractivity contribution in [2.75, 3.05) is 36.8 Å². The molecule has 0 radical (unpaired) electrons. The largest absolute Gasteiger partial charge is 0.478 e. The molecule has 1 aromatic rings. The van der Waals surface area contributed by atoms with E-state index in [0.29, 0.717) is 18.8 Å². The average molecular weight is 295 g/mol. The molecule has 0 aliphatic carbocycles. The summed E-state index contributed by atoms with van der Waals surface area (Å²) in [5.74, 6) is -1.88. The Bertz CT molecular complexity index is 547. The third kappa shape index (κ3) is 3.10. The molecule has 116 valence electrons. The third-order valence-electron chi connectivity index (χ3n) is 3.95. The Morgan fingerprint density at radius 3 is 2.29 bits per heavy atom. The zero-order valence-corrected chi connectivity index (χ0v) is 12.7. The summed E-state index contributed by atoms with van der Waals surface area (Å²) in [7, 11) is 0. The number of nitrogens with zero attached hydrogens (tertiary/aromatic N) is 2. The molecule has 5 nitrogen and oxygen atoms in total. The number of piperazine rings is 1. The lowest BCUT2D eigenvalue weighted by Crippen LogP contribution is -2.53. The van der Waals surface area contributed by atoms with Crippen molar-refractivity contribution in [1.29, 1.82) is 0 Å². The number of carboxylic acids is 1. The minimum Gasteiger partial charge on any atom is -0.478 e. The molecule has 0 amide bonds. The summed E-state index contributed by atoms with van der Waals surface area (Å²) in [5, 5.41) is 9.30. The van der Waals surface area contributed by atoms with Crippen molar-refractivity contribution in [3.05, 3.63) is 23.5 Å². The summed E-state index contributed by atoms with van der Waals surface area (Å²) in [5.41, 5.74) is 5.74. The van der Waals surface area contributed by atoms with E-state index >= 15 is 0 Å². The van der Waals surface area contributed by atoms with E-state index in [-0.39, 0.29) is 16.8 Å². The van der Waals surface area contributed by atoms with Gasteiger partial charge in [-0.2, -0.15) is 0 Å². The standard InChI is InChI=1S/C15H22FN3O2/c1-15(2,3)19-8-6-18(7-9-19)11-5-4-10(16)13(17)12(11)14(20)21/h4-5H,6-9,17H2,1-3H3,(H,20,21). The van der Waals surface area contributed by atoms with Crippen LogP contribution in [0.2, 0.25) is 0 Å². The lowest BCUT2D eigenvalue weighted by atomic mass is 10.0. The molecule has 0 bridgehead atoms. The highest BCUT2D eigenvalue weighted by molar-refractivity contribution is 6.00. The van der Waals surface area contributed by atoms with E-state index in [0.717, 1.165) is 13.1 Å². The summed E-state index contributed by atoms with van der Waals surface area (Å²) in [6, 6.07) is 2.73. The van der Waals surface area contributed by atoms with Gasteiger partial charge in [0.05, 0.1) is 11.4 Å². The number of anilines is 2. The Morgan fingerprint density at radius 1 is 1.24 bits per heavy atom. The van der Waals surface area contributed by atoms with Gasteiger partial charge in [-0.15, -0.1) is 0 Å². The Labute approximate surface area is 124 Å². The maximum atomic E-state index is 13.5. The Morgan fingerprint density at radius 2 is 1.81 bits per heavy atom. The molecule has 3 N–H and O–H groups in total. The van der Waals surface area contributed by atoms with Crippen molar-refractivity contribution in [3.63, 3.8) is 0 Å². The first-order chi connectivity index (χ1) is 9.71. The van der Waals surface area contributed by atoms with Crippen LogP contribution in [0.25, 0.3) is 0 Å². The van der Waals surface area contributed by atoms with Crippen molar-refractivity contribution in [2.45, 2.75) is 26.3 Å². The molecular formula is C15H22FN3O2. The number of carboxylic acid groups (broad SMARTS) is 1. The monoisotopic (exact) mass is 295 g/mol. The van der Waals surface area contributed by atoms with E-state index in [4.69, 9.17) is 5.73 Å². The lowest BCUT2D eigenvalue weighted by molar-refractivity contribution is 0.0697. The molecule has 1 aliphatic rings. The molecule has 6 heteroatoms. The van der Waals surface area contributed by atoms with Crippen molar-refractivity contribution in [1.82, 2.24) is 4.90 Å². The SMILES string of the molecule is CC(C)(C)N1CCN(c2ccc(F)c(N)c2C(=O)O)CC1. The number of rotatable bonds is 2. The van der Waals surface area contributed by atoms with E-state index in [1.54, 1.807) is 0 Å². The Balaban J connectivity index is 2.25. The first-order valence-electron chi connectivity index (χ1n) is 7.03. The van der Waals surface area contributed by atoms with E-state index < -0.39 is 11.8 Å². The van der Waals surface area contributed by atoms with Gasteiger partial charge in [0.15, 0.2) is 0 Å². The third-order valence-corrected chi connectivity index (χ3v) is 3.95. The Hall–Kier alpha value is -1.82. The number of nitrogens with two attached hydrogens (primary N) is 1. The average Bonchev–Trinajstić information content (AvgIpc) is 2.40. The number of carbonyl (C=O) groups is 1. The van der Waals surface area contributed by atoms with Gasteiger partial charge in [0.25, 0.3) is 0 Å². The normalized spacial score (nSPS) is 17.0. The number of benzene rings is 1. The highest BCUT2D eigenvalue weighted by atomic mass is 19.1. The van der Waals surface area contributed by atoms with Gasteiger partial charge in [-0.1, -0.05) is 0 Å². The van der Waals surface area contributed by atoms with E-state index in [1.165, 1.54) is 12.1 Å². The summed E-state index contributed by atoms with van der Waals surface area (Å²) in [6.45, 7) is 9.52.